The lowest BCUT2D eigenvalue weighted by molar-refractivity contribution is -0.138. The van der Waals surface area contributed by atoms with Crippen LogP contribution in [0.2, 0.25) is 0 Å². The first-order valence-corrected chi connectivity index (χ1v) is 9.15. The average molecular weight is 427 g/mol. The van der Waals surface area contributed by atoms with E-state index in [1.807, 2.05) is 13.8 Å². The van der Waals surface area contributed by atoms with Crippen LogP contribution < -0.4 is 22.3 Å². The Morgan fingerprint density at radius 3 is 2.33 bits per heavy atom. The van der Waals surface area contributed by atoms with Gasteiger partial charge in [0.25, 0.3) is 0 Å². The Balaban J connectivity index is 0.000000370. The van der Waals surface area contributed by atoms with Crippen molar-refractivity contribution >= 4 is 17.2 Å². The van der Waals surface area contributed by atoms with Crippen molar-refractivity contribution in [3.05, 3.63) is 59.7 Å². The van der Waals surface area contributed by atoms with Gasteiger partial charge < -0.3 is 20.5 Å². The Morgan fingerprint density at radius 2 is 1.83 bits per heavy atom. The molecular formula is C20H28F3N5O2. The molecule has 3 rings (SSSR count). The lowest BCUT2D eigenvalue weighted by Crippen LogP contribution is -2.34. The van der Waals surface area contributed by atoms with E-state index >= 15 is 0 Å². The van der Waals surface area contributed by atoms with Gasteiger partial charge in [-0.25, -0.2) is 0 Å². The molecule has 0 saturated carbocycles. The van der Waals surface area contributed by atoms with Gasteiger partial charge in [-0.1, -0.05) is 12.1 Å². The van der Waals surface area contributed by atoms with Gasteiger partial charge in [-0.15, -0.1) is 0 Å². The van der Waals surface area contributed by atoms with Crippen LogP contribution in [0, 0.1) is 5.41 Å². The highest BCUT2D eigenvalue weighted by molar-refractivity contribution is 6.00. The topological polar surface area (TPSA) is 118 Å². The molecule has 0 bridgehead atoms. The van der Waals surface area contributed by atoms with Gasteiger partial charge in [0.15, 0.2) is 5.79 Å². The van der Waals surface area contributed by atoms with Crippen molar-refractivity contribution in [2.24, 2.45) is 11.6 Å². The number of nitrogen functional groups attached to an aromatic ring is 1. The maximum atomic E-state index is 12.5. The van der Waals surface area contributed by atoms with Crippen LogP contribution in [-0.4, -0.2) is 30.9 Å². The Morgan fingerprint density at radius 1 is 1.20 bits per heavy atom. The zero-order chi connectivity index (χ0) is 22.4. The van der Waals surface area contributed by atoms with Gasteiger partial charge in [-0.3, -0.25) is 16.7 Å². The van der Waals surface area contributed by atoms with E-state index in [0.29, 0.717) is 30.1 Å². The van der Waals surface area contributed by atoms with Gasteiger partial charge in [0.2, 0.25) is 0 Å². The molecule has 7 nitrogen and oxygen atoms in total. The number of hydrogen-bond donors (Lipinski definition) is 5. The fourth-order valence-corrected chi connectivity index (χ4v) is 2.72. The third-order valence-corrected chi connectivity index (χ3v) is 4.12. The standard InChI is InChI=1S/C14H12F3N3.C6H14N2O2.H2/c15-14(16,17)9-5-7-10(8-6-9)20-12-4-2-1-3-11(12)13(18)19;1-6(2)9-4-5(10-6)3-8-7;/h1-8,20H,(H3,18,19);5,8H,3-4,7H2,1-2H3;1H. The van der Waals surface area contributed by atoms with Gasteiger partial charge >= 0.3 is 6.18 Å². The first-order chi connectivity index (χ1) is 14.0. The number of hydrogen-bond acceptors (Lipinski definition) is 6. The van der Waals surface area contributed by atoms with Crippen molar-refractivity contribution in [2.45, 2.75) is 31.9 Å². The minimum absolute atomic E-state index is 0. The molecule has 10 heteroatoms. The van der Waals surface area contributed by atoms with Crippen LogP contribution >= 0.6 is 0 Å². The highest BCUT2D eigenvalue weighted by Crippen LogP contribution is 2.30. The van der Waals surface area contributed by atoms with E-state index in [1.54, 1.807) is 24.3 Å². The first-order valence-electron chi connectivity index (χ1n) is 9.15. The maximum absolute atomic E-state index is 12.5. The molecule has 2 aromatic rings. The van der Waals surface area contributed by atoms with Crippen molar-refractivity contribution in [3.63, 3.8) is 0 Å². The molecule has 0 amide bonds. The van der Waals surface area contributed by atoms with Gasteiger partial charge in [0.05, 0.1) is 18.3 Å². The smallest absolute Gasteiger partial charge is 0.384 e. The molecule has 0 aliphatic carbocycles. The minimum Gasteiger partial charge on any atom is -0.384 e. The van der Waals surface area contributed by atoms with Crippen LogP contribution in [0.15, 0.2) is 48.5 Å². The maximum Gasteiger partial charge on any atom is 0.416 e. The number of benzene rings is 2. The summed E-state index contributed by atoms with van der Waals surface area (Å²) in [4.78, 5) is 0. The molecule has 1 saturated heterocycles. The second-order valence-corrected chi connectivity index (χ2v) is 7.02. The molecule has 1 atom stereocenters. The number of nitrogens with one attached hydrogen (secondary N) is 3. The monoisotopic (exact) mass is 427 g/mol. The van der Waals surface area contributed by atoms with E-state index in [9.17, 15) is 13.2 Å². The summed E-state index contributed by atoms with van der Waals surface area (Å²) in [6, 6.07) is 11.5. The summed E-state index contributed by atoms with van der Waals surface area (Å²) in [7, 11) is 0. The van der Waals surface area contributed by atoms with Crippen LogP contribution in [-0.2, 0) is 15.7 Å². The fourth-order valence-electron chi connectivity index (χ4n) is 2.72. The predicted molar refractivity (Wildman–Crippen MR) is 111 cm³/mol. The molecule has 1 unspecified atom stereocenters. The zero-order valence-corrected chi connectivity index (χ0v) is 16.7. The number of halogens is 3. The molecule has 0 spiro atoms. The number of ether oxygens (including phenoxy) is 2. The molecule has 1 aliphatic rings. The summed E-state index contributed by atoms with van der Waals surface area (Å²) >= 11 is 0. The molecule has 7 N–H and O–H groups in total. The third-order valence-electron chi connectivity index (χ3n) is 4.12. The largest absolute Gasteiger partial charge is 0.416 e. The average Bonchev–Trinajstić information content (AvgIpc) is 3.01. The quantitative estimate of drug-likeness (QED) is 0.215. The number of para-hydroxylation sites is 1. The van der Waals surface area contributed by atoms with Gasteiger partial charge in [-0.2, -0.15) is 13.2 Å². The molecular weight excluding hydrogens is 399 g/mol. The lowest BCUT2D eigenvalue weighted by atomic mass is 10.1. The second kappa shape index (κ2) is 9.90. The second-order valence-electron chi connectivity index (χ2n) is 7.02. The summed E-state index contributed by atoms with van der Waals surface area (Å²) in [6.45, 7) is 5.05. The van der Waals surface area contributed by atoms with E-state index in [1.165, 1.54) is 12.1 Å². The highest BCUT2D eigenvalue weighted by atomic mass is 19.4. The van der Waals surface area contributed by atoms with E-state index in [2.05, 4.69) is 10.7 Å². The Hall–Kier alpha value is -2.66. The molecule has 0 aromatic heterocycles. The summed E-state index contributed by atoms with van der Waals surface area (Å²) < 4.78 is 48.1. The van der Waals surface area contributed by atoms with Crippen LogP contribution in [0.4, 0.5) is 24.5 Å². The third kappa shape index (κ3) is 6.99. The summed E-state index contributed by atoms with van der Waals surface area (Å²) in [5.74, 6) is 4.57. The van der Waals surface area contributed by atoms with Gasteiger partial charge in [-0.05, 0) is 50.2 Å². The van der Waals surface area contributed by atoms with E-state index in [-0.39, 0.29) is 13.4 Å². The summed E-state index contributed by atoms with van der Waals surface area (Å²) in [5.41, 5.74) is 8.84. The first kappa shape index (κ1) is 23.6. The SMILES string of the molecule is CC1(C)OCC(CNN)O1.N=C(N)c1ccccc1Nc1ccc(C(F)(F)F)cc1.[HH]. The number of nitrogens with two attached hydrogens (primary N) is 2. The summed E-state index contributed by atoms with van der Waals surface area (Å²) in [5, 5.41) is 10.4. The minimum atomic E-state index is -4.35. The van der Waals surface area contributed by atoms with Crippen molar-refractivity contribution < 1.29 is 24.1 Å². The normalized spacial score (nSPS) is 17.7. The predicted octanol–water partition coefficient (Wildman–Crippen LogP) is 3.58. The van der Waals surface area contributed by atoms with Crippen LogP contribution in [0.3, 0.4) is 0 Å². The Labute approximate surface area is 174 Å². The molecule has 2 aromatic carbocycles. The zero-order valence-electron chi connectivity index (χ0n) is 16.7. The van der Waals surface area contributed by atoms with Crippen molar-refractivity contribution in [2.75, 3.05) is 18.5 Å². The number of anilines is 2. The molecule has 1 heterocycles. The molecule has 1 fully saturated rings. The molecule has 166 valence electrons. The van der Waals surface area contributed by atoms with Crippen LogP contribution in [0.25, 0.3) is 0 Å². The van der Waals surface area contributed by atoms with Crippen LogP contribution in [0.5, 0.6) is 0 Å². The lowest BCUT2D eigenvalue weighted by Gasteiger charge is -2.16. The Kier molecular flexibility index (Phi) is 7.79. The van der Waals surface area contributed by atoms with Gasteiger partial charge in [0.1, 0.15) is 5.84 Å². The van der Waals surface area contributed by atoms with E-state index in [4.69, 9.17) is 26.5 Å². The molecule has 30 heavy (non-hydrogen) atoms. The summed E-state index contributed by atoms with van der Waals surface area (Å²) in [6.07, 6.45) is -4.25. The number of alkyl halides is 3. The van der Waals surface area contributed by atoms with Crippen molar-refractivity contribution in [1.82, 2.24) is 5.43 Å². The fraction of sp³-hybridized carbons (Fsp3) is 0.350. The number of amidine groups is 1. The van der Waals surface area contributed by atoms with Crippen LogP contribution in [0.1, 0.15) is 26.4 Å². The van der Waals surface area contributed by atoms with E-state index in [0.717, 1.165) is 12.1 Å². The Bertz CT molecular complexity index is 847. The highest BCUT2D eigenvalue weighted by Gasteiger charge is 2.32. The van der Waals surface area contributed by atoms with E-state index < -0.39 is 17.5 Å². The van der Waals surface area contributed by atoms with Gasteiger partial charge in [0, 0.05) is 24.9 Å². The number of rotatable bonds is 5. The molecule has 1 aliphatic heterocycles. The van der Waals surface area contributed by atoms with Crippen molar-refractivity contribution in [1.29, 1.82) is 5.41 Å². The molecule has 0 radical (unpaired) electrons. The number of hydrazine groups is 1. The van der Waals surface area contributed by atoms with Crippen molar-refractivity contribution in [3.8, 4) is 0 Å².